The molecule has 0 spiro atoms. The molecule has 216 valence electrons. The largest absolute Gasteiger partial charge is 0.416 e. The van der Waals surface area contributed by atoms with E-state index in [0.717, 1.165) is 39.7 Å². The summed E-state index contributed by atoms with van der Waals surface area (Å²) in [6.07, 6.45) is -1.55. The summed E-state index contributed by atoms with van der Waals surface area (Å²) < 4.78 is 83.5. The molecule has 13 heteroatoms. The number of rotatable bonds is 5. The van der Waals surface area contributed by atoms with E-state index >= 15 is 0 Å². The molecule has 0 radical (unpaired) electrons. The summed E-state index contributed by atoms with van der Waals surface area (Å²) in [6.45, 7) is 2.27. The molecule has 0 bridgehead atoms. The highest BCUT2D eigenvalue weighted by atomic mass is 32.2. The van der Waals surface area contributed by atoms with Crippen LogP contribution in [0.2, 0.25) is 0 Å². The van der Waals surface area contributed by atoms with Crippen LogP contribution in [0.4, 0.5) is 17.6 Å². The van der Waals surface area contributed by atoms with E-state index in [0.29, 0.717) is 5.69 Å². The highest BCUT2D eigenvalue weighted by Gasteiger charge is 2.71. The lowest BCUT2D eigenvalue weighted by atomic mass is 9.86. The van der Waals surface area contributed by atoms with Crippen molar-refractivity contribution in [3.8, 4) is 5.69 Å². The molecule has 5 aromatic rings. The Balaban J connectivity index is 1.32. The monoisotopic (exact) mass is 596 g/mol. The Morgan fingerprint density at radius 3 is 2.33 bits per heavy atom. The van der Waals surface area contributed by atoms with E-state index in [1.165, 1.54) is 46.6 Å². The molecule has 2 fully saturated rings. The number of sulfonamides is 1. The molecule has 0 unspecified atom stereocenters. The van der Waals surface area contributed by atoms with Crippen molar-refractivity contribution in [2.45, 2.75) is 29.5 Å². The smallest absolute Gasteiger partial charge is 0.233 e. The normalized spacial score (nSPS) is 22.5. The van der Waals surface area contributed by atoms with Crippen molar-refractivity contribution in [2.24, 2.45) is 13.0 Å². The van der Waals surface area contributed by atoms with Crippen molar-refractivity contribution in [3.05, 3.63) is 101 Å². The summed E-state index contributed by atoms with van der Waals surface area (Å²) in [4.78, 5) is 1.18. The van der Waals surface area contributed by atoms with Crippen LogP contribution in [0, 0.1) is 18.7 Å². The molecule has 1 aliphatic heterocycles. The van der Waals surface area contributed by atoms with Crippen molar-refractivity contribution in [2.75, 3.05) is 13.1 Å². The van der Waals surface area contributed by atoms with Crippen LogP contribution in [0.3, 0.4) is 0 Å². The molecule has 8 nitrogen and oxygen atoms in total. The first kappa shape index (κ1) is 26.8. The minimum atomic E-state index is -4.45. The lowest BCUT2D eigenvalue weighted by Gasteiger charge is -2.25. The van der Waals surface area contributed by atoms with Crippen LogP contribution >= 0.6 is 0 Å². The van der Waals surface area contributed by atoms with Crippen molar-refractivity contribution < 1.29 is 26.0 Å². The first-order chi connectivity index (χ1) is 19.9. The second-order valence-electron chi connectivity index (χ2n) is 11.0. The summed E-state index contributed by atoms with van der Waals surface area (Å²) in [7, 11) is -2.41. The molecular weight excluding hydrogens is 572 g/mol. The molecular formula is C29H24F4N6O2S. The second-order valence-corrected chi connectivity index (χ2v) is 12.9. The fourth-order valence-electron chi connectivity index (χ4n) is 6.67. The number of halogens is 4. The molecule has 3 atom stereocenters. The maximum atomic E-state index is 13.5. The van der Waals surface area contributed by atoms with E-state index in [9.17, 15) is 26.0 Å². The van der Waals surface area contributed by atoms with Crippen LogP contribution in [0.5, 0.6) is 0 Å². The second kappa shape index (κ2) is 8.95. The Bertz CT molecular complexity index is 1950. The number of hydrogen-bond acceptors (Lipinski definition) is 5. The van der Waals surface area contributed by atoms with Gasteiger partial charge < -0.3 is 0 Å². The summed E-state index contributed by atoms with van der Waals surface area (Å²) in [5.41, 5.74) is 2.63. The minimum absolute atomic E-state index is 0.140. The number of aryl methyl sites for hydroxylation is 2. The maximum Gasteiger partial charge on any atom is 0.416 e. The Morgan fingerprint density at radius 1 is 0.976 bits per heavy atom. The molecule has 2 aromatic heterocycles. The predicted octanol–water partition coefficient (Wildman–Crippen LogP) is 4.98. The zero-order valence-electron chi connectivity index (χ0n) is 22.4. The van der Waals surface area contributed by atoms with Gasteiger partial charge in [0.15, 0.2) is 0 Å². The number of nitrogens with zero attached hydrogens (tertiary/aromatic N) is 6. The Morgan fingerprint density at radius 2 is 1.69 bits per heavy atom. The average molecular weight is 597 g/mol. The highest BCUT2D eigenvalue weighted by Crippen LogP contribution is 2.70. The Hall–Kier alpha value is -4.10. The van der Waals surface area contributed by atoms with E-state index in [4.69, 9.17) is 0 Å². The topological polar surface area (TPSA) is 85.9 Å². The van der Waals surface area contributed by atoms with Gasteiger partial charge >= 0.3 is 6.18 Å². The van der Waals surface area contributed by atoms with Gasteiger partial charge in [0.2, 0.25) is 5.03 Å². The fourth-order valence-corrected chi connectivity index (χ4v) is 8.08. The first-order valence-electron chi connectivity index (χ1n) is 13.2. The Labute approximate surface area is 238 Å². The van der Waals surface area contributed by atoms with Gasteiger partial charge in [0.25, 0.3) is 10.0 Å². The first-order valence-corrected chi connectivity index (χ1v) is 14.6. The molecule has 3 heterocycles. The van der Waals surface area contributed by atoms with E-state index < -0.39 is 27.2 Å². The van der Waals surface area contributed by atoms with Crippen molar-refractivity contribution in [1.29, 1.82) is 0 Å². The number of aromatic nitrogens is 5. The molecule has 1 saturated carbocycles. The average Bonchev–Trinajstić information content (AvgIpc) is 3.37. The molecule has 2 aliphatic rings. The standard InChI is InChI=1S/C29H24F4N6O2S/c1-17-11-25-19(13-35-39(25)22-9-7-21(30)8-10-22)12-23(17)28-16-38(42(40,41)26-14-34-37(2)36-26)15-24(28)27(28)18-3-5-20(6-4-18)29(31,32)33/h3-14,24,27H,15-16H2,1-2H3/t24-,27-,28+/m1/s1. The molecule has 42 heavy (non-hydrogen) atoms. The van der Waals surface area contributed by atoms with E-state index in [1.54, 1.807) is 23.0 Å². The number of alkyl halides is 3. The zero-order chi connectivity index (χ0) is 29.6. The molecule has 1 aliphatic carbocycles. The van der Waals surface area contributed by atoms with E-state index in [-0.39, 0.29) is 35.8 Å². The van der Waals surface area contributed by atoms with Gasteiger partial charge in [-0.1, -0.05) is 12.1 Å². The van der Waals surface area contributed by atoms with Crippen molar-refractivity contribution in [1.82, 2.24) is 29.1 Å². The molecule has 7 rings (SSSR count). The van der Waals surface area contributed by atoms with Gasteiger partial charge in [-0.15, -0.1) is 5.10 Å². The third-order valence-corrected chi connectivity index (χ3v) is 10.3. The number of piperidine rings is 1. The summed E-state index contributed by atoms with van der Waals surface area (Å²) >= 11 is 0. The molecule has 3 aromatic carbocycles. The van der Waals surface area contributed by atoms with Gasteiger partial charge in [-0.2, -0.15) is 32.5 Å². The van der Waals surface area contributed by atoms with E-state index in [1.807, 2.05) is 19.1 Å². The number of fused-ring (bicyclic) bond motifs is 2. The molecule has 0 amide bonds. The number of hydrogen-bond donors (Lipinski definition) is 0. The lowest BCUT2D eigenvalue weighted by Crippen LogP contribution is -2.35. The summed E-state index contributed by atoms with van der Waals surface area (Å²) in [5, 5.41) is 13.1. The molecule has 0 N–H and O–H groups in total. The SMILES string of the molecule is Cc1cc2c(cnn2-c2ccc(F)cc2)cc1[C@@]12CN(S(=O)(=O)c3cnn(C)n3)C[C@@H]1[C@H]2c1ccc(C(F)(F)F)cc1. The predicted molar refractivity (Wildman–Crippen MR) is 145 cm³/mol. The Kier molecular flexibility index (Phi) is 5.71. The van der Waals surface area contributed by atoms with Crippen LogP contribution in [0.15, 0.2) is 78.1 Å². The van der Waals surface area contributed by atoms with Gasteiger partial charge in [-0.05, 0) is 78.1 Å². The highest BCUT2D eigenvalue weighted by molar-refractivity contribution is 7.89. The van der Waals surface area contributed by atoms with Crippen LogP contribution in [-0.4, -0.2) is 50.6 Å². The van der Waals surface area contributed by atoms with Gasteiger partial charge in [-0.25, -0.2) is 17.5 Å². The van der Waals surface area contributed by atoms with E-state index in [2.05, 4.69) is 15.3 Å². The number of benzene rings is 3. The third-order valence-electron chi connectivity index (χ3n) is 8.61. The van der Waals surface area contributed by atoms with Gasteiger partial charge in [0.1, 0.15) is 5.82 Å². The van der Waals surface area contributed by atoms with Gasteiger partial charge in [0.05, 0.1) is 29.2 Å². The third kappa shape index (κ3) is 3.97. The maximum absolute atomic E-state index is 13.5. The quantitative estimate of drug-likeness (QED) is 0.268. The van der Waals surface area contributed by atoms with Crippen molar-refractivity contribution >= 4 is 20.9 Å². The van der Waals surface area contributed by atoms with Crippen LogP contribution in [-0.2, 0) is 28.7 Å². The lowest BCUT2D eigenvalue weighted by molar-refractivity contribution is -0.137. The minimum Gasteiger partial charge on any atom is -0.233 e. The van der Waals surface area contributed by atoms with Crippen LogP contribution in [0.1, 0.15) is 28.2 Å². The molecule has 1 saturated heterocycles. The summed E-state index contributed by atoms with van der Waals surface area (Å²) in [5.74, 6) is -0.704. The van der Waals surface area contributed by atoms with Crippen molar-refractivity contribution in [3.63, 3.8) is 0 Å². The zero-order valence-corrected chi connectivity index (χ0v) is 23.2. The van der Waals surface area contributed by atoms with Gasteiger partial charge in [0, 0.05) is 36.9 Å². The van der Waals surface area contributed by atoms with Crippen LogP contribution < -0.4 is 0 Å². The summed E-state index contributed by atoms with van der Waals surface area (Å²) in [6, 6.07) is 15.1. The fraction of sp³-hybridized carbons (Fsp3) is 0.276. The van der Waals surface area contributed by atoms with Gasteiger partial charge in [-0.3, -0.25) is 0 Å². The van der Waals surface area contributed by atoms with Crippen LogP contribution in [0.25, 0.3) is 16.6 Å².